The van der Waals surface area contributed by atoms with Crippen molar-refractivity contribution in [2.24, 2.45) is 0 Å². The van der Waals surface area contributed by atoms with Crippen molar-refractivity contribution in [2.45, 2.75) is 51.1 Å². The number of piperazine rings is 1. The second-order valence-corrected chi connectivity index (χ2v) is 10.9. The minimum absolute atomic E-state index is 0.0971. The number of carbonyl (C=O) groups excluding carboxylic acids is 4. The molecule has 4 rings (SSSR count). The predicted octanol–water partition coefficient (Wildman–Crippen LogP) is 2.40. The number of aliphatic carboxylic acids is 1. The number of carboxylic acids is 1. The summed E-state index contributed by atoms with van der Waals surface area (Å²) in [5.41, 5.74) is 0.146. The molecule has 3 heterocycles. The first-order valence-electron chi connectivity index (χ1n) is 15.1. The highest BCUT2D eigenvalue weighted by molar-refractivity contribution is 5.99. The number of halogens is 3. The summed E-state index contributed by atoms with van der Waals surface area (Å²) in [6, 6.07) is 5.88. The Kier molecular flexibility index (Phi) is 11.8. The summed E-state index contributed by atoms with van der Waals surface area (Å²) in [6.07, 6.45) is -5.11. The van der Waals surface area contributed by atoms with Gasteiger partial charge in [0.1, 0.15) is 17.5 Å². The molecule has 0 radical (unpaired) electrons. The second-order valence-electron chi connectivity index (χ2n) is 10.9. The fourth-order valence-electron chi connectivity index (χ4n) is 5.43. The number of rotatable bonds is 12. The maximum absolute atomic E-state index is 13.4. The Balaban J connectivity index is 1.47. The topological polar surface area (TPSA) is 168 Å². The number of hydrogen-bond acceptors (Lipinski definition) is 9. The number of pyridine rings is 1. The van der Waals surface area contributed by atoms with Gasteiger partial charge in [0.2, 0.25) is 5.91 Å². The van der Waals surface area contributed by atoms with E-state index < -0.39 is 67.9 Å². The number of nitrogens with zero attached hydrogens (tertiary/aromatic N) is 4. The summed E-state index contributed by atoms with van der Waals surface area (Å²) in [7, 11) is 0. The van der Waals surface area contributed by atoms with E-state index in [0.717, 1.165) is 0 Å². The molecule has 0 aliphatic carbocycles. The molecule has 1 unspecified atom stereocenters. The van der Waals surface area contributed by atoms with Crippen LogP contribution in [0.4, 0.5) is 18.0 Å². The third kappa shape index (κ3) is 9.67. The third-order valence-corrected chi connectivity index (χ3v) is 7.77. The van der Waals surface area contributed by atoms with Crippen molar-refractivity contribution in [3.05, 3.63) is 36.0 Å². The fraction of sp³-hybridized carbons (Fsp3) is 0.533. The molecule has 2 fully saturated rings. The third-order valence-electron chi connectivity index (χ3n) is 7.77. The van der Waals surface area contributed by atoms with Crippen LogP contribution in [0.5, 0.6) is 5.75 Å². The fourth-order valence-corrected chi connectivity index (χ4v) is 5.43. The largest absolute Gasteiger partial charge is 0.522 e. The van der Waals surface area contributed by atoms with Gasteiger partial charge in [-0.3, -0.25) is 23.9 Å². The molecule has 4 amide bonds. The number of benzene rings is 1. The number of likely N-dealkylation sites (tertiary alicyclic amines) is 1. The van der Waals surface area contributed by atoms with E-state index in [-0.39, 0.29) is 57.2 Å². The molecule has 2 aromatic rings. The lowest BCUT2D eigenvalue weighted by molar-refractivity contribution is -0.327. The van der Waals surface area contributed by atoms with E-state index in [1.165, 1.54) is 20.8 Å². The lowest BCUT2D eigenvalue weighted by atomic mass is 10.1. The number of ether oxygens (including phenoxy) is 3. The van der Waals surface area contributed by atoms with Gasteiger partial charge in [-0.25, -0.2) is 9.78 Å². The van der Waals surface area contributed by atoms with Crippen molar-refractivity contribution < 1.29 is 56.5 Å². The van der Waals surface area contributed by atoms with E-state index in [1.807, 2.05) is 0 Å². The molecule has 0 spiro atoms. The zero-order chi connectivity index (χ0) is 34.1. The van der Waals surface area contributed by atoms with E-state index in [2.05, 4.69) is 15.0 Å². The number of hydrogen-bond donors (Lipinski definition) is 2. The van der Waals surface area contributed by atoms with Crippen molar-refractivity contribution >= 4 is 40.7 Å². The highest BCUT2D eigenvalue weighted by atomic mass is 19.4. The van der Waals surface area contributed by atoms with Crippen molar-refractivity contribution in [2.75, 3.05) is 52.5 Å². The molecule has 2 atom stereocenters. The number of amides is 4. The molecule has 2 aliphatic rings. The molecule has 47 heavy (non-hydrogen) atoms. The highest BCUT2D eigenvalue weighted by Gasteiger charge is 2.36. The Morgan fingerprint density at radius 2 is 1.77 bits per heavy atom. The number of carboxylic acid groups (broad SMARTS) is 1. The molecule has 0 bridgehead atoms. The van der Waals surface area contributed by atoms with Crippen molar-refractivity contribution in [1.82, 2.24) is 25.0 Å². The standard InChI is InChI=1S/C30H36F3N5O9/c1-2-45-29(44)37-14-12-36(13-15-37)28(43)22(9-10-26(40)41)35-27(42)23-16-24(20-7-3-4-8-21(20)34-23)46-18-25(39)38-11-5-6-19(38)17-47-30(31,32)33/h3-4,7-8,16,19,22H,2,5-6,9-15,17-18H2,1H3,(H,35,42)(H,40,41)/t19-,22?/m0/s1. The average molecular weight is 668 g/mol. The average Bonchev–Trinajstić information content (AvgIpc) is 3.52. The molecule has 0 saturated carbocycles. The normalized spacial score (nSPS) is 17.4. The maximum atomic E-state index is 13.4. The van der Waals surface area contributed by atoms with Crippen LogP contribution in [0, 0.1) is 0 Å². The van der Waals surface area contributed by atoms with E-state index in [4.69, 9.17) is 9.47 Å². The van der Waals surface area contributed by atoms with Crippen LogP contribution in [0.15, 0.2) is 30.3 Å². The van der Waals surface area contributed by atoms with E-state index >= 15 is 0 Å². The maximum Gasteiger partial charge on any atom is 0.522 e. The zero-order valence-electron chi connectivity index (χ0n) is 25.7. The van der Waals surface area contributed by atoms with Crippen molar-refractivity contribution in [1.29, 1.82) is 0 Å². The van der Waals surface area contributed by atoms with Crippen LogP contribution in [-0.2, 0) is 23.9 Å². The van der Waals surface area contributed by atoms with Gasteiger partial charge < -0.3 is 34.6 Å². The minimum atomic E-state index is -4.82. The van der Waals surface area contributed by atoms with Gasteiger partial charge in [-0.15, -0.1) is 13.2 Å². The molecular weight excluding hydrogens is 631 g/mol. The first kappa shape index (κ1) is 35.2. The summed E-state index contributed by atoms with van der Waals surface area (Å²) in [6.45, 7) is 1.59. The smallest absolute Gasteiger partial charge is 0.483 e. The molecular formula is C30H36F3N5O9. The van der Waals surface area contributed by atoms with Gasteiger partial charge in [-0.05, 0) is 38.3 Å². The number of nitrogens with one attached hydrogen (secondary N) is 1. The quantitative estimate of drug-likeness (QED) is 0.343. The number of fused-ring (bicyclic) bond motifs is 1. The number of alkyl halides is 3. The van der Waals surface area contributed by atoms with Crippen LogP contribution >= 0.6 is 0 Å². The van der Waals surface area contributed by atoms with E-state index in [9.17, 15) is 42.3 Å². The lowest BCUT2D eigenvalue weighted by Gasteiger charge is -2.35. The van der Waals surface area contributed by atoms with Gasteiger partial charge in [0.05, 0.1) is 24.8 Å². The molecule has 256 valence electrons. The van der Waals surface area contributed by atoms with Gasteiger partial charge in [0, 0.05) is 50.6 Å². The van der Waals surface area contributed by atoms with Crippen LogP contribution in [0.3, 0.4) is 0 Å². The lowest BCUT2D eigenvalue weighted by Crippen LogP contribution is -2.56. The monoisotopic (exact) mass is 667 g/mol. The van der Waals surface area contributed by atoms with E-state index in [0.29, 0.717) is 23.7 Å². The highest BCUT2D eigenvalue weighted by Crippen LogP contribution is 2.27. The Labute approximate surface area is 267 Å². The van der Waals surface area contributed by atoms with E-state index in [1.54, 1.807) is 31.2 Å². The Bertz CT molecular complexity index is 1470. The molecule has 2 saturated heterocycles. The van der Waals surface area contributed by atoms with Gasteiger partial charge in [0.25, 0.3) is 11.8 Å². The molecule has 17 heteroatoms. The summed E-state index contributed by atoms with van der Waals surface area (Å²) >= 11 is 0. The zero-order valence-corrected chi connectivity index (χ0v) is 25.7. The number of carbonyl (C=O) groups is 5. The Hall–Kier alpha value is -4.67. The Morgan fingerprint density at radius 3 is 2.45 bits per heavy atom. The SMILES string of the molecule is CCOC(=O)N1CCN(C(=O)C(CCC(=O)O)NC(=O)c2cc(OCC(=O)N3CCC[C@H]3COC(F)(F)F)c3ccccc3n2)CC1. The van der Waals surface area contributed by atoms with Gasteiger partial charge in [-0.1, -0.05) is 12.1 Å². The second kappa shape index (κ2) is 15.8. The number of para-hydroxylation sites is 1. The minimum Gasteiger partial charge on any atom is -0.483 e. The van der Waals surface area contributed by atoms with Crippen molar-refractivity contribution in [3.63, 3.8) is 0 Å². The molecule has 2 aliphatic heterocycles. The molecule has 14 nitrogen and oxygen atoms in total. The first-order valence-corrected chi connectivity index (χ1v) is 15.1. The molecule has 1 aromatic heterocycles. The van der Waals surface area contributed by atoms with Gasteiger partial charge in [-0.2, -0.15) is 0 Å². The van der Waals surface area contributed by atoms with Crippen LogP contribution in [-0.4, -0.2) is 126 Å². The van der Waals surface area contributed by atoms with Gasteiger partial charge in [0.15, 0.2) is 6.61 Å². The summed E-state index contributed by atoms with van der Waals surface area (Å²) in [5.74, 6) is -2.96. The molecule has 2 N–H and O–H groups in total. The summed E-state index contributed by atoms with van der Waals surface area (Å²) in [5, 5.41) is 12.3. The first-order chi connectivity index (χ1) is 22.4. The van der Waals surface area contributed by atoms with Crippen LogP contribution in [0.25, 0.3) is 10.9 Å². The van der Waals surface area contributed by atoms with Crippen LogP contribution in [0.2, 0.25) is 0 Å². The number of aromatic nitrogens is 1. The van der Waals surface area contributed by atoms with Crippen LogP contribution in [0.1, 0.15) is 43.1 Å². The van der Waals surface area contributed by atoms with Gasteiger partial charge >= 0.3 is 18.4 Å². The summed E-state index contributed by atoms with van der Waals surface area (Å²) < 4.78 is 52.4. The van der Waals surface area contributed by atoms with Crippen LogP contribution < -0.4 is 10.1 Å². The summed E-state index contributed by atoms with van der Waals surface area (Å²) in [4.78, 5) is 71.7. The van der Waals surface area contributed by atoms with Crippen molar-refractivity contribution in [3.8, 4) is 5.75 Å². The Morgan fingerprint density at radius 1 is 1.06 bits per heavy atom. The predicted molar refractivity (Wildman–Crippen MR) is 157 cm³/mol. The molecule has 1 aromatic carbocycles.